The van der Waals surface area contributed by atoms with Gasteiger partial charge >= 0.3 is 0 Å². The number of hydrogen-bond donors (Lipinski definition) is 0. The third-order valence-electron chi connectivity index (χ3n) is 3.42. The van der Waals surface area contributed by atoms with Crippen LogP contribution in [0.1, 0.15) is 5.56 Å². The SMILES string of the molecule is O=[N+]([O-])c1cccc(Cn2nnc3c(-c4cncs4)ncnc32)c1. The van der Waals surface area contributed by atoms with Crippen LogP contribution in [-0.2, 0) is 6.54 Å². The molecule has 0 saturated heterocycles. The van der Waals surface area contributed by atoms with Gasteiger partial charge in [0.25, 0.3) is 5.69 Å². The summed E-state index contributed by atoms with van der Waals surface area (Å²) in [6, 6.07) is 6.40. The summed E-state index contributed by atoms with van der Waals surface area (Å²) in [6.45, 7) is 0.331. The van der Waals surface area contributed by atoms with Gasteiger partial charge in [-0.05, 0) is 5.56 Å². The fourth-order valence-corrected chi connectivity index (χ4v) is 2.97. The number of fused-ring (bicyclic) bond motifs is 1. The van der Waals surface area contributed by atoms with Crippen molar-refractivity contribution in [3.63, 3.8) is 0 Å². The second-order valence-electron chi connectivity index (χ2n) is 4.93. The molecular formula is C14H9N7O2S. The first kappa shape index (κ1) is 14.3. The Labute approximate surface area is 138 Å². The molecule has 10 heteroatoms. The third-order valence-corrected chi connectivity index (χ3v) is 4.20. The van der Waals surface area contributed by atoms with E-state index in [-0.39, 0.29) is 5.69 Å². The van der Waals surface area contributed by atoms with Crippen LogP contribution in [0.25, 0.3) is 21.7 Å². The summed E-state index contributed by atoms with van der Waals surface area (Å²) in [7, 11) is 0. The van der Waals surface area contributed by atoms with Crippen molar-refractivity contribution in [1.29, 1.82) is 0 Å². The fourth-order valence-electron chi connectivity index (χ4n) is 2.35. The molecule has 0 bridgehead atoms. The van der Waals surface area contributed by atoms with Crippen LogP contribution >= 0.6 is 11.3 Å². The first-order valence-electron chi connectivity index (χ1n) is 6.89. The van der Waals surface area contributed by atoms with Crippen LogP contribution in [0.3, 0.4) is 0 Å². The zero-order valence-electron chi connectivity index (χ0n) is 12.1. The molecule has 3 heterocycles. The lowest BCUT2D eigenvalue weighted by Crippen LogP contribution is -2.03. The van der Waals surface area contributed by atoms with Crippen molar-refractivity contribution in [2.24, 2.45) is 0 Å². The second-order valence-corrected chi connectivity index (χ2v) is 5.82. The van der Waals surface area contributed by atoms with Gasteiger partial charge in [-0.15, -0.1) is 16.4 Å². The van der Waals surface area contributed by atoms with Crippen LogP contribution in [0.15, 0.2) is 42.3 Å². The molecule has 0 aliphatic rings. The molecule has 0 saturated carbocycles. The van der Waals surface area contributed by atoms with Crippen LogP contribution in [-0.4, -0.2) is 34.9 Å². The molecule has 0 amide bonds. The highest BCUT2D eigenvalue weighted by Crippen LogP contribution is 2.26. The van der Waals surface area contributed by atoms with Gasteiger partial charge in [-0.2, -0.15) is 0 Å². The highest BCUT2D eigenvalue weighted by molar-refractivity contribution is 7.13. The Hall–Kier alpha value is -3.27. The van der Waals surface area contributed by atoms with Gasteiger partial charge in [0.1, 0.15) is 12.0 Å². The zero-order chi connectivity index (χ0) is 16.5. The molecule has 0 aliphatic heterocycles. The Morgan fingerprint density at radius 3 is 3.00 bits per heavy atom. The maximum Gasteiger partial charge on any atom is 0.269 e. The summed E-state index contributed by atoms with van der Waals surface area (Å²) in [4.78, 5) is 23.9. The lowest BCUT2D eigenvalue weighted by atomic mass is 10.2. The van der Waals surface area contributed by atoms with Gasteiger partial charge in [-0.25, -0.2) is 14.6 Å². The summed E-state index contributed by atoms with van der Waals surface area (Å²) in [6.07, 6.45) is 3.16. The van der Waals surface area contributed by atoms with Crippen molar-refractivity contribution in [2.75, 3.05) is 0 Å². The molecule has 24 heavy (non-hydrogen) atoms. The number of nitro groups is 1. The lowest BCUT2D eigenvalue weighted by molar-refractivity contribution is -0.384. The summed E-state index contributed by atoms with van der Waals surface area (Å²) in [5.74, 6) is 0. The number of rotatable bonds is 4. The van der Waals surface area contributed by atoms with E-state index in [1.54, 1.807) is 28.5 Å². The minimum Gasteiger partial charge on any atom is -0.258 e. The number of aromatic nitrogens is 6. The summed E-state index contributed by atoms with van der Waals surface area (Å²) < 4.78 is 1.60. The van der Waals surface area contributed by atoms with Crippen LogP contribution in [0.5, 0.6) is 0 Å². The number of non-ortho nitro benzene ring substituents is 1. The van der Waals surface area contributed by atoms with E-state index < -0.39 is 4.92 Å². The van der Waals surface area contributed by atoms with Gasteiger partial charge in [0.15, 0.2) is 11.2 Å². The number of benzene rings is 1. The first-order chi connectivity index (χ1) is 11.7. The Morgan fingerprint density at radius 1 is 1.29 bits per heavy atom. The van der Waals surface area contributed by atoms with Crippen molar-refractivity contribution >= 4 is 28.2 Å². The van der Waals surface area contributed by atoms with Crippen LogP contribution < -0.4 is 0 Å². The Morgan fingerprint density at radius 2 is 2.21 bits per heavy atom. The molecule has 4 rings (SSSR count). The quantitative estimate of drug-likeness (QED) is 0.414. The number of hydrogen-bond acceptors (Lipinski definition) is 8. The molecule has 118 valence electrons. The Bertz CT molecular complexity index is 1030. The van der Waals surface area contributed by atoms with Gasteiger partial charge in [0.05, 0.1) is 21.9 Å². The maximum absolute atomic E-state index is 10.9. The van der Waals surface area contributed by atoms with Crippen LogP contribution in [0, 0.1) is 10.1 Å². The molecule has 4 aromatic rings. The Kier molecular flexibility index (Phi) is 3.43. The average Bonchev–Trinajstić information content (AvgIpc) is 3.25. The molecule has 3 aromatic heterocycles. The molecule has 0 aliphatic carbocycles. The molecular weight excluding hydrogens is 330 g/mol. The number of nitrogens with zero attached hydrogens (tertiary/aromatic N) is 7. The summed E-state index contributed by atoms with van der Waals surface area (Å²) in [5, 5.41) is 19.2. The lowest BCUT2D eigenvalue weighted by Gasteiger charge is -2.02. The van der Waals surface area contributed by atoms with Crippen molar-refractivity contribution in [2.45, 2.75) is 6.54 Å². The van der Waals surface area contributed by atoms with Crippen molar-refractivity contribution < 1.29 is 4.92 Å². The van der Waals surface area contributed by atoms with E-state index in [1.807, 2.05) is 0 Å². The fraction of sp³-hybridized carbons (Fsp3) is 0.0714. The monoisotopic (exact) mass is 339 g/mol. The first-order valence-corrected chi connectivity index (χ1v) is 7.77. The van der Waals surface area contributed by atoms with Gasteiger partial charge < -0.3 is 0 Å². The van der Waals surface area contributed by atoms with Crippen molar-refractivity contribution in [3.8, 4) is 10.6 Å². The van der Waals surface area contributed by atoms with E-state index in [0.29, 0.717) is 23.4 Å². The standard InChI is InChI=1S/C14H9N7O2S/c22-21(23)10-3-1-2-9(4-10)6-20-14-13(18-19-20)12(16-7-17-14)11-5-15-8-24-11/h1-5,7-8H,6H2. The molecule has 0 radical (unpaired) electrons. The van der Waals surface area contributed by atoms with Gasteiger partial charge in [-0.3, -0.25) is 15.1 Å². The minimum atomic E-state index is -0.424. The molecule has 9 nitrogen and oxygen atoms in total. The minimum absolute atomic E-state index is 0.0388. The number of nitro benzene ring substituents is 1. The highest BCUT2D eigenvalue weighted by atomic mass is 32.1. The number of thiazole rings is 1. The normalized spacial score (nSPS) is 11.0. The molecule has 1 aromatic carbocycles. The second kappa shape index (κ2) is 5.74. The van der Waals surface area contributed by atoms with Crippen LogP contribution in [0.2, 0.25) is 0 Å². The van der Waals surface area contributed by atoms with Crippen molar-refractivity contribution in [1.82, 2.24) is 29.9 Å². The third kappa shape index (κ3) is 2.48. The zero-order valence-corrected chi connectivity index (χ0v) is 12.9. The molecule has 0 unspecified atom stereocenters. The van der Waals surface area contributed by atoms with Gasteiger partial charge in [0.2, 0.25) is 0 Å². The Balaban J connectivity index is 1.75. The average molecular weight is 339 g/mol. The molecule has 0 spiro atoms. The van der Waals surface area contributed by atoms with E-state index >= 15 is 0 Å². The van der Waals surface area contributed by atoms with Crippen LogP contribution in [0.4, 0.5) is 5.69 Å². The largest absolute Gasteiger partial charge is 0.269 e. The van der Waals surface area contributed by atoms with E-state index in [0.717, 1.165) is 10.4 Å². The van der Waals surface area contributed by atoms with Gasteiger partial charge in [-0.1, -0.05) is 17.3 Å². The van der Waals surface area contributed by atoms with Crippen molar-refractivity contribution in [3.05, 3.63) is 58.0 Å². The topological polar surface area (TPSA) is 113 Å². The maximum atomic E-state index is 10.9. The molecule has 0 atom stereocenters. The van der Waals surface area contributed by atoms with Gasteiger partial charge in [0, 0.05) is 18.3 Å². The van der Waals surface area contributed by atoms with E-state index in [4.69, 9.17) is 0 Å². The molecule has 0 fully saturated rings. The molecule has 0 N–H and O–H groups in total. The van der Waals surface area contributed by atoms with E-state index in [2.05, 4.69) is 25.3 Å². The summed E-state index contributed by atoms with van der Waals surface area (Å²) in [5.41, 5.74) is 4.32. The highest BCUT2D eigenvalue weighted by Gasteiger charge is 2.15. The predicted octanol–water partition coefficient (Wildman–Crippen LogP) is 2.30. The van der Waals surface area contributed by atoms with E-state index in [9.17, 15) is 10.1 Å². The smallest absolute Gasteiger partial charge is 0.258 e. The summed E-state index contributed by atoms with van der Waals surface area (Å²) >= 11 is 1.46. The predicted molar refractivity (Wildman–Crippen MR) is 86.4 cm³/mol. The van der Waals surface area contributed by atoms with E-state index in [1.165, 1.54) is 29.8 Å².